The number of likely N-dealkylation sites (N-methyl/N-ethyl adjacent to an activating group) is 1. The lowest BCUT2D eigenvalue weighted by atomic mass is 10.2. The summed E-state index contributed by atoms with van der Waals surface area (Å²) in [6.07, 6.45) is 3.78. The highest BCUT2D eigenvalue weighted by atomic mass is 15.1. The van der Waals surface area contributed by atoms with Crippen molar-refractivity contribution < 1.29 is 0 Å². The molecule has 0 aliphatic heterocycles. The predicted octanol–water partition coefficient (Wildman–Crippen LogP) is 2.97. The summed E-state index contributed by atoms with van der Waals surface area (Å²) in [5.41, 5.74) is 2.29. The van der Waals surface area contributed by atoms with Crippen molar-refractivity contribution in [3.8, 4) is 0 Å². The zero-order valence-electron chi connectivity index (χ0n) is 8.43. The van der Waals surface area contributed by atoms with Crippen LogP contribution in [-0.4, -0.2) is 18.0 Å². The van der Waals surface area contributed by atoms with E-state index < -0.39 is 0 Å². The fraction of sp³-hybridized carbons (Fsp3) is 0.455. The van der Waals surface area contributed by atoms with Crippen LogP contribution < -0.4 is 0 Å². The van der Waals surface area contributed by atoms with Gasteiger partial charge < -0.3 is 4.90 Å². The summed E-state index contributed by atoms with van der Waals surface area (Å²) in [5, 5.41) is 0. The Morgan fingerprint density at radius 3 is 2.17 bits per heavy atom. The second-order valence-electron chi connectivity index (χ2n) is 2.70. The summed E-state index contributed by atoms with van der Waals surface area (Å²) < 4.78 is 0. The molecule has 0 radical (unpaired) electrons. The second-order valence-corrected chi connectivity index (χ2v) is 2.70. The highest BCUT2D eigenvalue weighted by molar-refractivity contribution is 5.27. The molecule has 0 fully saturated rings. The van der Waals surface area contributed by atoms with Crippen molar-refractivity contribution in [2.75, 3.05) is 13.1 Å². The first-order valence-electron chi connectivity index (χ1n) is 4.40. The lowest BCUT2D eigenvalue weighted by molar-refractivity contribution is 0.391. The predicted molar refractivity (Wildman–Crippen MR) is 56.0 cm³/mol. The molecule has 0 heterocycles. The summed E-state index contributed by atoms with van der Waals surface area (Å²) in [6.45, 7) is 16.0. The standard InChI is InChI=1S/C11H19N/c1-6-9-10(4)11(5)12(7-2)8-3/h6,9H,1,5,7-8H2,2-4H3/b10-9-. The molecule has 0 spiro atoms. The van der Waals surface area contributed by atoms with Crippen LogP contribution in [0.15, 0.2) is 36.6 Å². The third kappa shape index (κ3) is 2.95. The third-order valence-electron chi connectivity index (χ3n) is 1.97. The van der Waals surface area contributed by atoms with E-state index in [1.165, 1.54) is 5.57 Å². The van der Waals surface area contributed by atoms with Gasteiger partial charge in [0.2, 0.25) is 0 Å². The van der Waals surface area contributed by atoms with Crippen LogP contribution in [0.4, 0.5) is 0 Å². The first kappa shape index (κ1) is 11.0. The minimum atomic E-state index is 1.01. The van der Waals surface area contributed by atoms with Crippen LogP contribution in [0.2, 0.25) is 0 Å². The largest absolute Gasteiger partial charge is 0.372 e. The quantitative estimate of drug-likeness (QED) is 0.566. The number of hydrogen-bond acceptors (Lipinski definition) is 1. The molecule has 0 aromatic carbocycles. The van der Waals surface area contributed by atoms with Crippen LogP contribution >= 0.6 is 0 Å². The van der Waals surface area contributed by atoms with Gasteiger partial charge in [-0.2, -0.15) is 0 Å². The first-order valence-corrected chi connectivity index (χ1v) is 4.40. The maximum absolute atomic E-state index is 4.03. The molecule has 0 aliphatic carbocycles. The third-order valence-corrected chi connectivity index (χ3v) is 1.97. The summed E-state index contributed by atoms with van der Waals surface area (Å²) in [7, 11) is 0. The Bertz CT molecular complexity index is 185. The molecule has 68 valence electrons. The molecule has 0 atom stereocenters. The van der Waals surface area contributed by atoms with Gasteiger partial charge in [0.25, 0.3) is 0 Å². The summed E-state index contributed by atoms with van der Waals surface area (Å²) in [5.74, 6) is 0. The van der Waals surface area contributed by atoms with Gasteiger partial charge in [0.15, 0.2) is 0 Å². The van der Waals surface area contributed by atoms with Crippen molar-refractivity contribution in [1.29, 1.82) is 0 Å². The van der Waals surface area contributed by atoms with Crippen LogP contribution in [0.5, 0.6) is 0 Å². The summed E-state index contributed by atoms with van der Waals surface area (Å²) in [4.78, 5) is 2.23. The van der Waals surface area contributed by atoms with E-state index in [1.54, 1.807) is 6.08 Å². The van der Waals surface area contributed by atoms with Crippen LogP contribution in [0.1, 0.15) is 20.8 Å². The van der Waals surface area contributed by atoms with Gasteiger partial charge in [-0.3, -0.25) is 0 Å². The minimum Gasteiger partial charge on any atom is -0.372 e. The van der Waals surface area contributed by atoms with E-state index in [0.29, 0.717) is 0 Å². The van der Waals surface area contributed by atoms with Crippen LogP contribution in [-0.2, 0) is 0 Å². The zero-order valence-corrected chi connectivity index (χ0v) is 8.43. The van der Waals surface area contributed by atoms with E-state index in [2.05, 4.69) is 38.8 Å². The number of nitrogens with zero attached hydrogens (tertiary/aromatic N) is 1. The molecule has 0 N–H and O–H groups in total. The van der Waals surface area contributed by atoms with Crippen molar-refractivity contribution in [3.05, 3.63) is 36.6 Å². The van der Waals surface area contributed by atoms with Crippen molar-refractivity contribution in [1.82, 2.24) is 4.90 Å². The van der Waals surface area contributed by atoms with E-state index >= 15 is 0 Å². The van der Waals surface area contributed by atoms with E-state index in [0.717, 1.165) is 18.8 Å². The molecular formula is C11H19N. The van der Waals surface area contributed by atoms with Gasteiger partial charge >= 0.3 is 0 Å². The van der Waals surface area contributed by atoms with Crippen LogP contribution in [0.25, 0.3) is 0 Å². The van der Waals surface area contributed by atoms with Gasteiger partial charge in [0, 0.05) is 18.8 Å². The van der Waals surface area contributed by atoms with Crippen LogP contribution in [0.3, 0.4) is 0 Å². The molecule has 0 aliphatic rings. The maximum atomic E-state index is 4.03. The Hall–Kier alpha value is -0.980. The van der Waals surface area contributed by atoms with E-state index in [9.17, 15) is 0 Å². The first-order chi connectivity index (χ1) is 5.67. The normalized spacial score (nSPS) is 11.1. The topological polar surface area (TPSA) is 3.24 Å². The lowest BCUT2D eigenvalue weighted by Crippen LogP contribution is -2.21. The van der Waals surface area contributed by atoms with Crippen molar-refractivity contribution in [2.24, 2.45) is 0 Å². The van der Waals surface area contributed by atoms with Gasteiger partial charge in [-0.05, 0) is 26.3 Å². The SMILES string of the molecule is C=C/C=C(/C)C(=C)N(CC)CC. The maximum Gasteiger partial charge on any atom is 0.0322 e. The number of allylic oxidation sites excluding steroid dienone is 3. The van der Waals surface area contributed by atoms with Gasteiger partial charge in [-0.15, -0.1) is 0 Å². The fourth-order valence-corrected chi connectivity index (χ4v) is 1.13. The molecule has 0 aromatic heterocycles. The molecule has 0 saturated heterocycles. The average molecular weight is 165 g/mol. The number of rotatable bonds is 5. The Morgan fingerprint density at radius 1 is 1.33 bits per heavy atom. The molecule has 0 amide bonds. The Labute approximate surface area is 76.1 Å². The van der Waals surface area contributed by atoms with Crippen LogP contribution in [0, 0.1) is 0 Å². The molecule has 1 nitrogen and oxygen atoms in total. The minimum absolute atomic E-state index is 1.01. The van der Waals surface area contributed by atoms with Crippen molar-refractivity contribution >= 4 is 0 Å². The fourth-order valence-electron chi connectivity index (χ4n) is 1.13. The molecule has 0 saturated carbocycles. The smallest absolute Gasteiger partial charge is 0.0322 e. The van der Waals surface area contributed by atoms with E-state index in [4.69, 9.17) is 0 Å². The lowest BCUT2D eigenvalue weighted by Gasteiger charge is -2.23. The molecule has 1 heteroatoms. The molecule has 0 rings (SSSR count). The highest BCUT2D eigenvalue weighted by Gasteiger charge is 2.02. The molecule has 0 bridgehead atoms. The van der Waals surface area contributed by atoms with E-state index in [-0.39, 0.29) is 0 Å². The highest BCUT2D eigenvalue weighted by Crippen LogP contribution is 2.11. The monoisotopic (exact) mass is 165 g/mol. The Balaban J connectivity index is 4.35. The second kappa shape index (κ2) is 5.64. The molecular weight excluding hydrogens is 146 g/mol. The number of hydrogen-bond donors (Lipinski definition) is 0. The summed E-state index contributed by atoms with van der Waals surface area (Å²) in [6, 6.07) is 0. The van der Waals surface area contributed by atoms with Gasteiger partial charge in [0.05, 0.1) is 0 Å². The van der Waals surface area contributed by atoms with Gasteiger partial charge in [0.1, 0.15) is 0 Å². The molecule has 12 heavy (non-hydrogen) atoms. The Kier molecular flexibility index (Phi) is 5.18. The van der Waals surface area contributed by atoms with Crippen molar-refractivity contribution in [2.45, 2.75) is 20.8 Å². The van der Waals surface area contributed by atoms with Gasteiger partial charge in [-0.1, -0.05) is 25.3 Å². The van der Waals surface area contributed by atoms with E-state index in [1.807, 2.05) is 6.08 Å². The molecule has 0 aromatic rings. The summed E-state index contributed by atoms with van der Waals surface area (Å²) >= 11 is 0. The van der Waals surface area contributed by atoms with Gasteiger partial charge in [-0.25, -0.2) is 0 Å². The Morgan fingerprint density at radius 2 is 1.83 bits per heavy atom. The molecule has 0 unspecified atom stereocenters. The van der Waals surface area contributed by atoms with Crippen molar-refractivity contribution in [3.63, 3.8) is 0 Å². The average Bonchev–Trinajstić information content (AvgIpc) is 2.07. The zero-order chi connectivity index (χ0) is 9.56.